The van der Waals surface area contributed by atoms with Crippen LogP contribution in [0.4, 0.5) is 0 Å². The third-order valence-electron chi connectivity index (χ3n) is 2.67. The Morgan fingerprint density at radius 3 is 2.53 bits per heavy atom. The Morgan fingerprint density at radius 2 is 1.89 bits per heavy atom. The number of benzene rings is 2. The van der Waals surface area contributed by atoms with Crippen LogP contribution in [0.1, 0.15) is 15.9 Å². The van der Waals surface area contributed by atoms with Crippen molar-refractivity contribution in [2.45, 2.75) is 6.61 Å². The van der Waals surface area contributed by atoms with E-state index in [1.54, 1.807) is 12.1 Å². The molecule has 0 bridgehead atoms. The van der Waals surface area contributed by atoms with E-state index in [1.807, 2.05) is 30.3 Å². The summed E-state index contributed by atoms with van der Waals surface area (Å²) in [5.74, 6) is 0.997. The number of hydrogen-bond acceptors (Lipinski definition) is 3. The minimum atomic E-state index is 0.428. The van der Waals surface area contributed by atoms with Crippen molar-refractivity contribution in [2.75, 3.05) is 7.11 Å². The number of ether oxygens (including phenoxy) is 2. The normalized spacial score (nSPS) is 10.0. The van der Waals surface area contributed by atoms with Gasteiger partial charge in [-0.15, -0.1) is 0 Å². The molecule has 0 saturated carbocycles. The molecule has 0 amide bonds. The van der Waals surface area contributed by atoms with Crippen LogP contribution in [0.25, 0.3) is 0 Å². The standard InChI is InChI=1S/C15H13BrO3/c1-18-15-12(9-17)13(16)7-8-14(15)19-10-11-5-3-2-4-6-11/h2-9H,10H2,1H3. The SMILES string of the molecule is COc1c(OCc2ccccc2)ccc(Br)c1C=O. The number of carbonyl (C=O) groups excluding carboxylic acids is 1. The Labute approximate surface area is 120 Å². The van der Waals surface area contributed by atoms with Crippen LogP contribution in [0, 0.1) is 0 Å². The molecule has 0 aromatic heterocycles. The van der Waals surface area contributed by atoms with Crippen LogP contribution in [0.2, 0.25) is 0 Å². The summed E-state index contributed by atoms with van der Waals surface area (Å²) in [6.07, 6.45) is 0.748. The van der Waals surface area contributed by atoms with Crippen LogP contribution >= 0.6 is 15.9 Å². The Hall–Kier alpha value is -1.81. The molecule has 0 heterocycles. The van der Waals surface area contributed by atoms with Crippen molar-refractivity contribution in [2.24, 2.45) is 0 Å². The lowest BCUT2D eigenvalue weighted by molar-refractivity contribution is 0.111. The van der Waals surface area contributed by atoms with Gasteiger partial charge in [0.25, 0.3) is 0 Å². The first-order valence-corrected chi connectivity index (χ1v) is 6.54. The largest absolute Gasteiger partial charge is 0.492 e. The highest BCUT2D eigenvalue weighted by molar-refractivity contribution is 9.10. The Morgan fingerprint density at radius 1 is 1.16 bits per heavy atom. The molecule has 0 unspecified atom stereocenters. The van der Waals surface area contributed by atoms with Crippen molar-refractivity contribution >= 4 is 22.2 Å². The van der Waals surface area contributed by atoms with Gasteiger partial charge in [0.2, 0.25) is 0 Å². The monoisotopic (exact) mass is 320 g/mol. The Balaban J connectivity index is 2.23. The predicted molar refractivity (Wildman–Crippen MR) is 76.9 cm³/mol. The molecule has 0 aliphatic rings. The molecule has 0 saturated heterocycles. The van der Waals surface area contributed by atoms with E-state index in [-0.39, 0.29) is 0 Å². The fourth-order valence-electron chi connectivity index (χ4n) is 1.72. The minimum Gasteiger partial charge on any atom is -0.492 e. The van der Waals surface area contributed by atoms with Gasteiger partial charge in [0.1, 0.15) is 6.61 Å². The maximum absolute atomic E-state index is 11.1. The van der Waals surface area contributed by atoms with Gasteiger partial charge < -0.3 is 9.47 Å². The van der Waals surface area contributed by atoms with Gasteiger partial charge in [-0.05, 0) is 33.6 Å². The number of methoxy groups -OCH3 is 1. The zero-order valence-electron chi connectivity index (χ0n) is 10.4. The van der Waals surface area contributed by atoms with Gasteiger partial charge in [0.05, 0.1) is 12.7 Å². The Bertz CT molecular complexity index is 567. The molecule has 0 aliphatic carbocycles. The molecule has 0 spiro atoms. The summed E-state index contributed by atoms with van der Waals surface area (Å²) in [4.78, 5) is 11.1. The summed E-state index contributed by atoms with van der Waals surface area (Å²) >= 11 is 3.31. The lowest BCUT2D eigenvalue weighted by atomic mass is 10.2. The summed E-state index contributed by atoms with van der Waals surface area (Å²) in [5, 5.41) is 0. The van der Waals surface area contributed by atoms with E-state index in [9.17, 15) is 4.79 Å². The van der Waals surface area contributed by atoms with Gasteiger partial charge in [-0.25, -0.2) is 0 Å². The first-order chi connectivity index (χ1) is 9.26. The van der Waals surface area contributed by atoms with E-state index >= 15 is 0 Å². The maximum Gasteiger partial charge on any atom is 0.172 e. The molecule has 19 heavy (non-hydrogen) atoms. The van der Waals surface area contributed by atoms with Crippen LogP contribution in [0.15, 0.2) is 46.9 Å². The van der Waals surface area contributed by atoms with Crippen LogP contribution in [-0.4, -0.2) is 13.4 Å². The van der Waals surface area contributed by atoms with E-state index in [4.69, 9.17) is 9.47 Å². The molecule has 3 nitrogen and oxygen atoms in total. The average Bonchev–Trinajstić information content (AvgIpc) is 2.46. The minimum absolute atomic E-state index is 0.428. The Kier molecular flexibility index (Phi) is 4.58. The van der Waals surface area contributed by atoms with Crippen molar-refractivity contribution in [3.8, 4) is 11.5 Å². The van der Waals surface area contributed by atoms with Gasteiger partial charge in [0.15, 0.2) is 17.8 Å². The number of hydrogen-bond donors (Lipinski definition) is 0. The molecular weight excluding hydrogens is 308 g/mol. The summed E-state index contributed by atoms with van der Waals surface area (Å²) in [5.41, 5.74) is 1.51. The molecule has 2 aromatic rings. The van der Waals surface area contributed by atoms with Crippen molar-refractivity contribution < 1.29 is 14.3 Å². The van der Waals surface area contributed by atoms with E-state index < -0.39 is 0 Å². The topological polar surface area (TPSA) is 35.5 Å². The second kappa shape index (κ2) is 6.38. The molecule has 2 aromatic carbocycles. The molecular formula is C15H13BrO3. The summed E-state index contributed by atoms with van der Waals surface area (Å²) < 4.78 is 11.6. The van der Waals surface area contributed by atoms with E-state index in [0.29, 0.717) is 28.1 Å². The number of carbonyl (C=O) groups is 1. The summed E-state index contributed by atoms with van der Waals surface area (Å²) in [6, 6.07) is 13.4. The van der Waals surface area contributed by atoms with Crippen molar-refractivity contribution in [3.05, 3.63) is 58.1 Å². The first kappa shape index (κ1) is 13.6. The fraction of sp³-hybridized carbons (Fsp3) is 0.133. The lowest BCUT2D eigenvalue weighted by Gasteiger charge is -2.13. The second-order valence-electron chi connectivity index (χ2n) is 3.88. The highest BCUT2D eigenvalue weighted by Gasteiger charge is 2.13. The number of halogens is 1. The highest BCUT2D eigenvalue weighted by atomic mass is 79.9. The molecule has 0 aliphatic heterocycles. The third kappa shape index (κ3) is 3.15. The number of rotatable bonds is 5. The molecule has 0 fully saturated rings. The second-order valence-corrected chi connectivity index (χ2v) is 4.74. The van der Waals surface area contributed by atoms with Gasteiger partial charge in [-0.1, -0.05) is 30.3 Å². The molecule has 98 valence electrons. The zero-order chi connectivity index (χ0) is 13.7. The lowest BCUT2D eigenvalue weighted by Crippen LogP contribution is -2.00. The zero-order valence-corrected chi connectivity index (χ0v) is 12.0. The summed E-state index contributed by atoms with van der Waals surface area (Å²) in [6.45, 7) is 0.428. The van der Waals surface area contributed by atoms with Crippen LogP contribution < -0.4 is 9.47 Å². The first-order valence-electron chi connectivity index (χ1n) is 5.74. The smallest absolute Gasteiger partial charge is 0.172 e. The van der Waals surface area contributed by atoms with E-state index in [2.05, 4.69) is 15.9 Å². The summed E-state index contributed by atoms with van der Waals surface area (Å²) in [7, 11) is 1.52. The quantitative estimate of drug-likeness (QED) is 0.785. The molecule has 0 N–H and O–H groups in total. The molecule has 4 heteroatoms. The van der Waals surface area contributed by atoms with Gasteiger partial charge in [-0.3, -0.25) is 4.79 Å². The van der Waals surface area contributed by atoms with Crippen molar-refractivity contribution in [3.63, 3.8) is 0 Å². The number of aldehydes is 1. The van der Waals surface area contributed by atoms with Crippen molar-refractivity contribution in [1.29, 1.82) is 0 Å². The van der Waals surface area contributed by atoms with E-state index in [0.717, 1.165) is 11.8 Å². The molecule has 2 rings (SSSR count). The molecule has 0 atom stereocenters. The average molecular weight is 321 g/mol. The van der Waals surface area contributed by atoms with Crippen LogP contribution in [0.5, 0.6) is 11.5 Å². The van der Waals surface area contributed by atoms with E-state index in [1.165, 1.54) is 7.11 Å². The third-order valence-corrected chi connectivity index (χ3v) is 3.36. The van der Waals surface area contributed by atoms with Gasteiger partial charge in [-0.2, -0.15) is 0 Å². The van der Waals surface area contributed by atoms with Crippen LogP contribution in [-0.2, 0) is 6.61 Å². The fourth-order valence-corrected chi connectivity index (χ4v) is 2.13. The van der Waals surface area contributed by atoms with Crippen molar-refractivity contribution in [1.82, 2.24) is 0 Å². The van der Waals surface area contributed by atoms with Crippen LogP contribution in [0.3, 0.4) is 0 Å². The van der Waals surface area contributed by atoms with Gasteiger partial charge in [0, 0.05) is 4.47 Å². The predicted octanol–water partition coefficient (Wildman–Crippen LogP) is 3.85. The maximum atomic E-state index is 11.1. The molecule has 0 radical (unpaired) electrons. The highest BCUT2D eigenvalue weighted by Crippen LogP contribution is 2.35. The van der Waals surface area contributed by atoms with Gasteiger partial charge >= 0.3 is 0 Å².